The van der Waals surface area contributed by atoms with Gasteiger partial charge >= 0.3 is 0 Å². The van der Waals surface area contributed by atoms with Crippen LogP contribution in [0.5, 0.6) is 0 Å². The topological polar surface area (TPSA) is 66.6 Å². The standard InChI is InChI=1S/C11H22N2O2/c1-3-8(12)11(15)13(2)9-6-4-5-7-10(9)14/h8-10,14H,3-7,12H2,1-2H3/t8-,9?,10?/m1/s1. The van der Waals surface area contributed by atoms with Crippen LogP contribution < -0.4 is 5.73 Å². The number of nitrogens with zero attached hydrogens (tertiary/aromatic N) is 1. The Kier molecular flexibility index (Phi) is 4.54. The van der Waals surface area contributed by atoms with Gasteiger partial charge in [0.2, 0.25) is 5.91 Å². The molecule has 0 aromatic heterocycles. The predicted molar refractivity (Wildman–Crippen MR) is 59.3 cm³/mol. The summed E-state index contributed by atoms with van der Waals surface area (Å²) >= 11 is 0. The van der Waals surface area contributed by atoms with Gasteiger partial charge in [0.1, 0.15) is 0 Å². The number of amides is 1. The fourth-order valence-corrected chi connectivity index (χ4v) is 2.14. The monoisotopic (exact) mass is 214 g/mol. The predicted octanol–water partition coefficient (Wildman–Crippen LogP) is 0.486. The molecule has 88 valence electrons. The molecule has 0 bridgehead atoms. The highest BCUT2D eigenvalue weighted by Crippen LogP contribution is 2.22. The highest BCUT2D eigenvalue weighted by Gasteiger charge is 2.30. The molecule has 4 heteroatoms. The number of likely N-dealkylation sites (N-methyl/N-ethyl adjacent to an activating group) is 1. The Hall–Kier alpha value is -0.610. The molecule has 2 unspecified atom stereocenters. The lowest BCUT2D eigenvalue weighted by atomic mass is 9.91. The summed E-state index contributed by atoms with van der Waals surface area (Å²) < 4.78 is 0. The quantitative estimate of drug-likeness (QED) is 0.718. The molecule has 0 aliphatic heterocycles. The molecule has 0 heterocycles. The molecule has 0 radical (unpaired) electrons. The number of nitrogens with two attached hydrogens (primary N) is 1. The van der Waals surface area contributed by atoms with Gasteiger partial charge in [-0.2, -0.15) is 0 Å². The third-order valence-electron chi connectivity index (χ3n) is 3.30. The van der Waals surface area contributed by atoms with Crippen LogP contribution >= 0.6 is 0 Å². The lowest BCUT2D eigenvalue weighted by Gasteiger charge is -2.36. The summed E-state index contributed by atoms with van der Waals surface area (Å²) in [5.74, 6) is -0.0524. The molecule has 1 fully saturated rings. The Morgan fingerprint density at radius 2 is 2.13 bits per heavy atom. The lowest BCUT2D eigenvalue weighted by molar-refractivity contribution is -0.136. The van der Waals surface area contributed by atoms with E-state index < -0.39 is 6.04 Å². The van der Waals surface area contributed by atoms with Gasteiger partial charge in [-0.1, -0.05) is 19.8 Å². The van der Waals surface area contributed by atoms with E-state index in [2.05, 4.69) is 0 Å². The Bertz CT molecular complexity index is 221. The largest absolute Gasteiger partial charge is 0.391 e. The third kappa shape index (κ3) is 2.92. The van der Waals surface area contributed by atoms with Gasteiger partial charge in [0.15, 0.2) is 0 Å². The first-order valence-electron chi connectivity index (χ1n) is 5.78. The van der Waals surface area contributed by atoms with Gasteiger partial charge in [0.25, 0.3) is 0 Å². The first kappa shape index (κ1) is 12.5. The Labute approximate surface area is 91.4 Å². The first-order chi connectivity index (χ1) is 7.07. The molecule has 3 atom stereocenters. The van der Waals surface area contributed by atoms with Crippen molar-refractivity contribution in [2.24, 2.45) is 5.73 Å². The van der Waals surface area contributed by atoms with Gasteiger partial charge in [-0.25, -0.2) is 0 Å². The van der Waals surface area contributed by atoms with E-state index in [4.69, 9.17) is 5.73 Å². The van der Waals surface area contributed by atoms with Crippen molar-refractivity contribution in [3.63, 3.8) is 0 Å². The van der Waals surface area contributed by atoms with Gasteiger partial charge in [0, 0.05) is 7.05 Å². The fourth-order valence-electron chi connectivity index (χ4n) is 2.14. The minimum atomic E-state index is -0.427. The molecular formula is C11H22N2O2. The van der Waals surface area contributed by atoms with Crippen LogP contribution in [0.15, 0.2) is 0 Å². The average molecular weight is 214 g/mol. The lowest BCUT2D eigenvalue weighted by Crippen LogP contribution is -2.51. The van der Waals surface area contributed by atoms with Gasteiger partial charge < -0.3 is 15.7 Å². The van der Waals surface area contributed by atoms with Crippen LogP contribution in [0.4, 0.5) is 0 Å². The van der Waals surface area contributed by atoms with Crippen molar-refractivity contribution in [2.45, 2.75) is 57.2 Å². The maximum atomic E-state index is 11.8. The molecule has 1 rings (SSSR count). The van der Waals surface area contributed by atoms with Crippen LogP contribution in [0.3, 0.4) is 0 Å². The van der Waals surface area contributed by atoms with Crippen LogP contribution in [0.1, 0.15) is 39.0 Å². The molecule has 0 spiro atoms. The van der Waals surface area contributed by atoms with Crippen molar-refractivity contribution < 1.29 is 9.90 Å². The van der Waals surface area contributed by atoms with E-state index in [0.29, 0.717) is 6.42 Å². The second kappa shape index (κ2) is 5.47. The minimum Gasteiger partial charge on any atom is -0.391 e. The summed E-state index contributed by atoms with van der Waals surface area (Å²) in [6.07, 6.45) is 4.09. The molecule has 15 heavy (non-hydrogen) atoms. The second-order valence-electron chi connectivity index (χ2n) is 4.38. The highest BCUT2D eigenvalue weighted by molar-refractivity contribution is 5.81. The number of aliphatic hydroxyl groups excluding tert-OH is 1. The highest BCUT2D eigenvalue weighted by atomic mass is 16.3. The molecule has 1 amide bonds. The molecule has 1 saturated carbocycles. The zero-order valence-corrected chi connectivity index (χ0v) is 9.65. The van der Waals surface area contributed by atoms with Gasteiger partial charge in [0.05, 0.1) is 18.2 Å². The number of aliphatic hydroxyl groups is 1. The van der Waals surface area contributed by atoms with Crippen LogP contribution in [-0.4, -0.2) is 41.1 Å². The smallest absolute Gasteiger partial charge is 0.239 e. The summed E-state index contributed by atoms with van der Waals surface area (Å²) in [6.45, 7) is 1.90. The molecule has 0 aromatic rings. The van der Waals surface area contributed by atoms with E-state index in [-0.39, 0.29) is 18.1 Å². The van der Waals surface area contributed by atoms with E-state index in [9.17, 15) is 9.90 Å². The maximum absolute atomic E-state index is 11.8. The zero-order chi connectivity index (χ0) is 11.4. The van der Waals surface area contributed by atoms with Crippen molar-refractivity contribution in [3.8, 4) is 0 Å². The van der Waals surface area contributed by atoms with Gasteiger partial charge in [-0.05, 0) is 19.3 Å². The molecular weight excluding hydrogens is 192 g/mol. The number of hydrogen-bond acceptors (Lipinski definition) is 3. The fraction of sp³-hybridized carbons (Fsp3) is 0.909. The molecule has 3 N–H and O–H groups in total. The van der Waals surface area contributed by atoms with Crippen LogP contribution in [-0.2, 0) is 4.79 Å². The average Bonchev–Trinajstić information content (AvgIpc) is 2.26. The van der Waals surface area contributed by atoms with Crippen molar-refractivity contribution in [1.29, 1.82) is 0 Å². The number of hydrogen-bond donors (Lipinski definition) is 2. The van der Waals surface area contributed by atoms with E-state index in [0.717, 1.165) is 25.7 Å². The van der Waals surface area contributed by atoms with Crippen LogP contribution in [0.25, 0.3) is 0 Å². The van der Waals surface area contributed by atoms with Crippen molar-refractivity contribution in [1.82, 2.24) is 4.90 Å². The summed E-state index contributed by atoms with van der Waals surface area (Å²) in [6, 6.07) is -0.465. The zero-order valence-electron chi connectivity index (χ0n) is 9.65. The van der Waals surface area contributed by atoms with Gasteiger partial charge in [-0.15, -0.1) is 0 Å². The molecule has 1 aliphatic carbocycles. The minimum absolute atomic E-state index is 0.0381. The second-order valence-corrected chi connectivity index (χ2v) is 4.38. The maximum Gasteiger partial charge on any atom is 0.239 e. The first-order valence-corrected chi connectivity index (χ1v) is 5.78. The van der Waals surface area contributed by atoms with Crippen molar-refractivity contribution >= 4 is 5.91 Å². The van der Waals surface area contributed by atoms with E-state index in [1.54, 1.807) is 11.9 Å². The molecule has 0 aromatic carbocycles. The summed E-state index contributed by atoms with van der Waals surface area (Å²) in [5, 5.41) is 9.81. The molecule has 4 nitrogen and oxygen atoms in total. The Morgan fingerprint density at radius 1 is 1.53 bits per heavy atom. The van der Waals surface area contributed by atoms with E-state index in [1.165, 1.54) is 0 Å². The van der Waals surface area contributed by atoms with Gasteiger partial charge in [-0.3, -0.25) is 4.79 Å². The van der Waals surface area contributed by atoms with E-state index >= 15 is 0 Å². The van der Waals surface area contributed by atoms with E-state index in [1.807, 2.05) is 6.92 Å². The van der Waals surface area contributed by atoms with Crippen LogP contribution in [0.2, 0.25) is 0 Å². The number of rotatable bonds is 3. The normalized spacial score (nSPS) is 28.5. The summed E-state index contributed by atoms with van der Waals surface area (Å²) in [5.41, 5.74) is 5.70. The third-order valence-corrected chi connectivity index (χ3v) is 3.30. The molecule has 1 aliphatic rings. The Morgan fingerprint density at radius 3 is 2.67 bits per heavy atom. The van der Waals surface area contributed by atoms with Crippen LogP contribution in [0, 0.1) is 0 Å². The summed E-state index contributed by atoms with van der Waals surface area (Å²) in [7, 11) is 1.75. The van der Waals surface area contributed by atoms with Crippen molar-refractivity contribution in [3.05, 3.63) is 0 Å². The van der Waals surface area contributed by atoms with Crippen molar-refractivity contribution in [2.75, 3.05) is 7.05 Å². The SMILES string of the molecule is CC[C@@H](N)C(=O)N(C)C1CCCCC1O. The number of carbonyl (C=O) groups is 1. The Balaban J connectivity index is 2.57. The number of carbonyl (C=O) groups excluding carboxylic acids is 1. The molecule has 0 saturated heterocycles. The summed E-state index contributed by atoms with van der Waals surface area (Å²) in [4.78, 5) is 13.4.